The summed E-state index contributed by atoms with van der Waals surface area (Å²) in [6, 6.07) is 35.3. The predicted octanol–water partition coefficient (Wildman–Crippen LogP) is 6.70. The number of rotatable bonds is 8. The van der Waals surface area contributed by atoms with Crippen molar-refractivity contribution in [2.75, 3.05) is 26.0 Å². The highest BCUT2D eigenvalue weighted by molar-refractivity contribution is 6.99. The molecule has 0 radical (unpaired) electrons. The van der Waals surface area contributed by atoms with E-state index in [2.05, 4.69) is 135 Å². The number of hydrogen-bond acceptors (Lipinski definition) is 5. The molecule has 4 aromatic rings. The minimum atomic E-state index is -2.83. The zero-order valence-electron chi connectivity index (χ0n) is 28.2. The molecule has 0 amide bonds. The first-order valence-corrected chi connectivity index (χ1v) is 19.0. The van der Waals surface area contributed by atoms with E-state index < -0.39 is 8.32 Å². The van der Waals surface area contributed by atoms with E-state index in [-0.39, 0.29) is 22.7 Å². The molecule has 2 aliphatic carbocycles. The molecule has 1 saturated heterocycles. The molecule has 0 aromatic heterocycles. The van der Waals surface area contributed by atoms with E-state index >= 15 is 0 Å². The van der Waals surface area contributed by atoms with Crippen molar-refractivity contribution in [1.29, 1.82) is 0 Å². The number of anilines is 1. The number of likely N-dealkylation sites (N-methyl/N-ethyl adjacent to an activating group) is 1. The molecule has 2 bridgehead atoms. The van der Waals surface area contributed by atoms with Crippen molar-refractivity contribution in [3.05, 3.63) is 126 Å². The van der Waals surface area contributed by atoms with Crippen LogP contribution in [0.1, 0.15) is 43.9 Å². The smallest absolute Gasteiger partial charge is 0.262 e. The highest BCUT2D eigenvalue weighted by Gasteiger charge is 2.66. The van der Waals surface area contributed by atoms with Gasteiger partial charge in [-0.1, -0.05) is 118 Å². The molecule has 47 heavy (non-hydrogen) atoms. The van der Waals surface area contributed by atoms with E-state index in [0.29, 0.717) is 18.5 Å². The fraction of sp³-hybridized carbons (Fsp3) is 0.366. The van der Waals surface area contributed by atoms with Crippen molar-refractivity contribution in [3.63, 3.8) is 0 Å². The van der Waals surface area contributed by atoms with Crippen LogP contribution in [0.4, 0.5) is 5.69 Å². The van der Waals surface area contributed by atoms with Crippen LogP contribution in [0.15, 0.2) is 109 Å². The fourth-order valence-electron chi connectivity index (χ4n) is 9.41. The summed E-state index contributed by atoms with van der Waals surface area (Å²) < 4.78 is 20.9. The lowest BCUT2D eigenvalue weighted by Gasteiger charge is -2.58. The molecule has 5 nitrogen and oxygen atoms in total. The van der Waals surface area contributed by atoms with Gasteiger partial charge in [-0.2, -0.15) is 0 Å². The molecular weight excluding hydrogens is 597 g/mol. The van der Waals surface area contributed by atoms with Gasteiger partial charge in [0.1, 0.15) is 23.7 Å². The molecule has 1 spiro atoms. The molecular formula is C41H46N2O3Si. The summed E-state index contributed by atoms with van der Waals surface area (Å²) in [7, 11) is 1.21. The molecule has 5 atom stereocenters. The maximum atomic E-state index is 7.86. The summed E-state index contributed by atoms with van der Waals surface area (Å²) >= 11 is 0. The molecule has 8 rings (SSSR count). The summed E-state index contributed by atoms with van der Waals surface area (Å²) in [4.78, 5) is 2.58. The van der Waals surface area contributed by atoms with Crippen LogP contribution < -0.4 is 25.2 Å². The SMILES string of the molecule is COc1ccccc1CNc1ccc2c3c1O[C@H]1[C@@H](O[Si](c4ccccc4)(c4ccccc4)C(C)(C)C)C=C[C@H]4[C@@H](C2)N(C)CC[C@@]341. The first-order chi connectivity index (χ1) is 22.8. The Labute approximate surface area is 280 Å². The summed E-state index contributed by atoms with van der Waals surface area (Å²) in [6.45, 7) is 8.80. The first kappa shape index (κ1) is 30.5. The first-order valence-electron chi connectivity index (χ1n) is 17.1. The third-order valence-electron chi connectivity index (χ3n) is 11.5. The minimum absolute atomic E-state index is 0.112. The summed E-state index contributed by atoms with van der Waals surface area (Å²) in [5.74, 6) is 2.29. The van der Waals surface area contributed by atoms with Crippen LogP contribution in [-0.2, 0) is 22.8 Å². The van der Waals surface area contributed by atoms with Crippen LogP contribution in [0.2, 0.25) is 5.04 Å². The normalized spacial score (nSPS) is 26.0. The van der Waals surface area contributed by atoms with Gasteiger partial charge in [0, 0.05) is 35.0 Å². The van der Waals surface area contributed by atoms with Gasteiger partial charge in [0.15, 0.2) is 0 Å². The van der Waals surface area contributed by atoms with Crippen molar-refractivity contribution < 1.29 is 13.9 Å². The number of methoxy groups -OCH3 is 1. The molecule has 1 fully saturated rings. The lowest BCUT2D eigenvalue weighted by atomic mass is 9.53. The maximum absolute atomic E-state index is 7.86. The maximum Gasteiger partial charge on any atom is 0.262 e. The average Bonchev–Trinajstić information content (AvgIpc) is 3.44. The van der Waals surface area contributed by atoms with Gasteiger partial charge in [0.05, 0.1) is 12.8 Å². The number of piperidine rings is 1. The second-order valence-corrected chi connectivity index (χ2v) is 19.1. The number of nitrogens with zero attached hydrogens (tertiary/aromatic N) is 1. The number of hydrogen-bond donors (Lipinski definition) is 1. The summed E-state index contributed by atoms with van der Waals surface area (Å²) in [6.07, 6.45) is 6.67. The Morgan fingerprint density at radius 1 is 0.894 bits per heavy atom. The monoisotopic (exact) mass is 642 g/mol. The van der Waals surface area contributed by atoms with Crippen molar-refractivity contribution >= 4 is 24.4 Å². The largest absolute Gasteiger partial charge is 0.496 e. The standard InChI is InChI=1S/C41H46N2O3Si/c1-40(2,3)47(30-15-8-6-9-16-30,31-17-10-7-11-18-31)46-36-23-21-32-34-26-28-20-22-33(42-27-29-14-12-13-19-35(29)44-5)38-37(28)41(32,39(36)45-38)24-25-43(34)4/h6-23,32,34,36,39,42H,24-27H2,1-5H3/t32-,34+,36-,39-,41-/m0/s1. The van der Waals surface area contributed by atoms with Gasteiger partial charge in [-0.05, 0) is 59.5 Å². The van der Waals surface area contributed by atoms with Gasteiger partial charge in [-0.15, -0.1) is 0 Å². The second kappa shape index (κ2) is 11.4. The highest BCUT2D eigenvalue weighted by atomic mass is 28.4. The highest BCUT2D eigenvalue weighted by Crippen LogP contribution is 2.62. The lowest BCUT2D eigenvalue weighted by Crippen LogP contribution is -2.71. The molecule has 242 valence electrons. The zero-order chi connectivity index (χ0) is 32.4. The fourth-order valence-corrected chi connectivity index (χ4v) is 14.0. The number of likely N-dealkylation sites (tertiary alicyclic amines) is 1. The van der Waals surface area contributed by atoms with Gasteiger partial charge in [0.2, 0.25) is 0 Å². The minimum Gasteiger partial charge on any atom is -0.496 e. The molecule has 0 unspecified atom stereocenters. The number of benzene rings is 4. The predicted molar refractivity (Wildman–Crippen MR) is 193 cm³/mol. The molecule has 4 aliphatic rings. The molecule has 0 saturated carbocycles. The van der Waals surface area contributed by atoms with Crippen LogP contribution in [0.5, 0.6) is 11.5 Å². The number of para-hydroxylation sites is 1. The third kappa shape index (κ3) is 4.56. The van der Waals surface area contributed by atoms with Crippen LogP contribution in [0.25, 0.3) is 0 Å². The Morgan fingerprint density at radius 3 is 2.26 bits per heavy atom. The topological polar surface area (TPSA) is 43.0 Å². The van der Waals surface area contributed by atoms with Gasteiger partial charge in [0.25, 0.3) is 8.32 Å². The van der Waals surface area contributed by atoms with Crippen LogP contribution >= 0.6 is 0 Å². The van der Waals surface area contributed by atoms with Gasteiger partial charge in [-0.25, -0.2) is 0 Å². The van der Waals surface area contributed by atoms with Gasteiger partial charge in [-0.3, -0.25) is 0 Å². The Kier molecular flexibility index (Phi) is 7.39. The van der Waals surface area contributed by atoms with Crippen molar-refractivity contribution in [2.24, 2.45) is 5.92 Å². The van der Waals surface area contributed by atoms with Crippen molar-refractivity contribution in [2.45, 2.75) is 68.9 Å². The van der Waals surface area contributed by atoms with Crippen LogP contribution in [-0.4, -0.2) is 52.2 Å². The van der Waals surface area contributed by atoms with E-state index in [9.17, 15) is 0 Å². The molecule has 4 aromatic carbocycles. The molecule has 6 heteroatoms. The second-order valence-electron chi connectivity index (χ2n) is 14.9. The zero-order valence-corrected chi connectivity index (χ0v) is 29.2. The van der Waals surface area contributed by atoms with Gasteiger partial charge < -0.3 is 24.1 Å². The molecule has 1 N–H and O–H groups in total. The van der Waals surface area contributed by atoms with Gasteiger partial charge >= 0.3 is 0 Å². The quantitative estimate of drug-likeness (QED) is 0.171. The number of nitrogens with one attached hydrogen (secondary N) is 1. The molecule has 2 heterocycles. The third-order valence-corrected chi connectivity index (χ3v) is 16.6. The van der Waals surface area contributed by atoms with Crippen molar-refractivity contribution in [1.82, 2.24) is 4.90 Å². The average molecular weight is 643 g/mol. The van der Waals surface area contributed by atoms with E-state index in [1.165, 1.54) is 21.5 Å². The Morgan fingerprint density at radius 2 is 1.57 bits per heavy atom. The van der Waals surface area contributed by atoms with Crippen LogP contribution in [0.3, 0.4) is 0 Å². The molecule has 2 aliphatic heterocycles. The lowest BCUT2D eigenvalue weighted by molar-refractivity contribution is -0.0402. The summed E-state index contributed by atoms with van der Waals surface area (Å²) in [5.41, 5.74) is 4.89. The Balaban J connectivity index is 1.25. The number of ether oxygens (including phenoxy) is 2. The Hall–Kier alpha value is -3.84. The van der Waals surface area contributed by atoms with Crippen molar-refractivity contribution in [3.8, 4) is 11.5 Å². The van der Waals surface area contributed by atoms with E-state index in [1.807, 2.05) is 12.1 Å². The van der Waals surface area contributed by atoms with E-state index in [4.69, 9.17) is 13.9 Å². The van der Waals surface area contributed by atoms with Crippen LogP contribution in [0, 0.1) is 5.92 Å². The Bertz CT molecular complexity index is 1760. The van der Waals surface area contributed by atoms with E-state index in [1.54, 1.807) is 7.11 Å². The summed E-state index contributed by atoms with van der Waals surface area (Å²) in [5, 5.41) is 6.23. The van der Waals surface area contributed by atoms with E-state index in [0.717, 1.165) is 42.1 Å².